The Morgan fingerprint density at radius 1 is 0.286 bits per heavy atom. The van der Waals surface area contributed by atoms with E-state index in [0.29, 0.717) is 23.0 Å². The molecule has 0 radical (unpaired) electrons. The summed E-state index contributed by atoms with van der Waals surface area (Å²) >= 11 is 0. The Morgan fingerprint density at radius 2 is 0.500 bits per heavy atom. The van der Waals surface area contributed by atoms with Crippen molar-refractivity contribution in [3.8, 4) is 34.5 Å². The normalized spacial score (nSPS) is 16.4. The summed E-state index contributed by atoms with van der Waals surface area (Å²) in [7, 11) is 0. The number of phenolic OH excluding ortho intramolecular Hbond substituents is 6. The summed E-state index contributed by atoms with van der Waals surface area (Å²) in [6.45, 7) is 38.1. The molecule has 0 amide bonds. The van der Waals surface area contributed by atoms with Crippen LogP contribution < -0.4 is 0 Å². The van der Waals surface area contributed by atoms with E-state index in [1.807, 2.05) is 216 Å². The summed E-state index contributed by atoms with van der Waals surface area (Å²) in [5, 5.41) is 55.7. The number of rotatable bonds is 5. The summed E-state index contributed by atoms with van der Waals surface area (Å²) in [6.07, 6.45) is 15.6. The monoisotopic (exact) mass is 1150 g/mol. The van der Waals surface area contributed by atoms with Crippen LogP contribution in [0.5, 0.6) is 34.5 Å². The van der Waals surface area contributed by atoms with Gasteiger partial charge in [0.25, 0.3) is 0 Å². The third kappa shape index (κ3) is 26.5. The molecule has 5 saturated carbocycles. The standard InChI is InChI=1S/C20H18O2.C18H20O2.C10H16.2C7H8O.8C2H6/c1-20(15-5-3-2-4-6-15,16-7-11-18(21)12-8-16)17-9-13-19(22)14-10-17;19-16-8-4-14(5-9-16)18(12-2-1-3-13-18)15-6-10-17(20)11-7-15;1-7-2-9-4-8(1)5-10(3-7)6-9;2*1-6-2-4-7(8)5-3-6;8*1-2/h2-14,21-22H,1H3;4-11,19-20H,1-3,12-13H2;7-10H,1-6H2;2*2-5,8H,1H3;8*1-2H3. The molecule has 0 unspecified atom stereocenters. The Hall–Kier alpha value is -6.66. The van der Waals surface area contributed by atoms with Crippen LogP contribution in [0.2, 0.25) is 0 Å². The van der Waals surface area contributed by atoms with Gasteiger partial charge in [0.1, 0.15) is 34.5 Å². The molecule has 6 nitrogen and oxygen atoms in total. The average Bonchev–Trinajstić information content (AvgIpc) is 3.69. The fourth-order valence-electron chi connectivity index (χ4n) is 11.4. The van der Waals surface area contributed by atoms with Gasteiger partial charge in [-0.2, -0.15) is 0 Å². The van der Waals surface area contributed by atoms with Gasteiger partial charge < -0.3 is 30.6 Å². The maximum absolute atomic E-state index is 9.57. The smallest absolute Gasteiger partial charge is 0.115 e. The molecule has 7 aromatic carbocycles. The van der Waals surface area contributed by atoms with Gasteiger partial charge in [-0.1, -0.05) is 244 Å². The Kier molecular flexibility index (Phi) is 44.1. The van der Waals surface area contributed by atoms with Gasteiger partial charge in [-0.25, -0.2) is 0 Å². The zero-order chi connectivity index (χ0) is 64.1. The van der Waals surface area contributed by atoms with Gasteiger partial charge in [-0.3, -0.25) is 0 Å². The molecule has 0 spiro atoms. The second kappa shape index (κ2) is 46.7. The Bertz CT molecular complexity index is 2330. The predicted molar refractivity (Wildman–Crippen MR) is 366 cm³/mol. The minimum atomic E-state index is -0.358. The summed E-state index contributed by atoms with van der Waals surface area (Å²) in [5.74, 6) is 6.50. The van der Waals surface area contributed by atoms with Crippen LogP contribution in [0.25, 0.3) is 0 Å². The van der Waals surface area contributed by atoms with E-state index in [1.165, 1.54) is 65.2 Å². The maximum Gasteiger partial charge on any atom is 0.115 e. The van der Waals surface area contributed by atoms with Crippen LogP contribution in [-0.2, 0) is 10.8 Å². The lowest BCUT2D eigenvalue weighted by Gasteiger charge is -2.49. The fourth-order valence-corrected chi connectivity index (χ4v) is 11.4. The number of hydrogen-bond acceptors (Lipinski definition) is 6. The molecular formula is C78H118O6. The first-order valence-electron chi connectivity index (χ1n) is 32.5. The van der Waals surface area contributed by atoms with Crippen LogP contribution in [-0.4, -0.2) is 30.6 Å². The van der Waals surface area contributed by atoms with E-state index in [-0.39, 0.29) is 22.3 Å². The first-order chi connectivity index (χ1) is 40.8. The number of phenols is 6. The van der Waals surface area contributed by atoms with Crippen LogP contribution >= 0.6 is 0 Å². The van der Waals surface area contributed by atoms with Crippen molar-refractivity contribution >= 4 is 0 Å². The SMILES string of the molecule is C1C2CC3CC1CC(C2)C3.CC.CC.CC.CC.CC.CC.CC.CC.CC(c1ccccc1)(c1ccc(O)cc1)c1ccc(O)cc1.Cc1ccc(O)cc1.Cc1ccc(O)cc1.Oc1ccc(C2(c3ccc(O)cc3)CCCCC2)cc1. The molecule has 5 aliphatic rings. The number of aromatic hydroxyl groups is 6. The van der Waals surface area contributed by atoms with Crippen molar-refractivity contribution in [3.63, 3.8) is 0 Å². The van der Waals surface area contributed by atoms with E-state index in [2.05, 4.69) is 19.1 Å². The van der Waals surface area contributed by atoms with E-state index in [1.54, 1.807) is 111 Å². The van der Waals surface area contributed by atoms with Gasteiger partial charge in [0.15, 0.2) is 0 Å². The second-order valence-electron chi connectivity index (χ2n) is 19.9. The molecule has 5 aliphatic carbocycles. The number of hydrogen-bond donors (Lipinski definition) is 6. The summed E-state index contributed by atoms with van der Waals surface area (Å²) in [5.41, 5.74) is 7.87. The third-order valence-corrected chi connectivity index (χ3v) is 14.9. The molecule has 0 heterocycles. The average molecular weight is 1150 g/mol. The quantitative estimate of drug-likeness (QED) is 0.0955. The Balaban J connectivity index is 0. The molecule has 0 saturated heterocycles. The van der Waals surface area contributed by atoms with Crippen LogP contribution in [0.1, 0.15) is 227 Å². The zero-order valence-electron chi connectivity index (χ0n) is 56.0. The summed E-state index contributed by atoms with van der Waals surface area (Å²) in [6, 6.07) is 54.2. The zero-order valence-corrected chi connectivity index (χ0v) is 56.0. The van der Waals surface area contributed by atoms with E-state index in [0.717, 1.165) is 29.5 Å². The van der Waals surface area contributed by atoms with Crippen LogP contribution in [0.4, 0.5) is 0 Å². The topological polar surface area (TPSA) is 121 Å². The van der Waals surface area contributed by atoms with E-state index >= 15 is 0 Å². The van der Waals surface area contributed by atoms with Crippen molar-refractivity contribution < 1.29 is 30.6 Å². The van der Waals surface area contributed by atoms with E-state index in [9.17, 15) is 20.4 Å². The third-order valence-electron chi connectivity index (χ3n) is 14.9. The highest BCUT2D eigenvalue weighted by molar-refractivity contribution is 5.51. The van der Waals surface area contributed by atoms with Gasteiger partial charge in [-0.15, -0.1) is 0 Å². The number of benzene rings is 7. The highest BCUT2D eigenvalue weighted by Gasteiger charge is 2.42. The second-order valence-corrected chi connectivity index (χ2v) is 19.9. The van der Waals surface area contributed by atoms with Crippen molar-refractivity contribution in [3.05, 3.63) is 215 Å². The molecular weight excluding hydrogens is 1030 g/mol. The van der Waals surface area contributed by atoms with Crippen LogP contribution in [0, 0.1) is 37.5 Å². The van der Waals surface area contributed by atoms with Crippen molar-refractivity contribution in [1.29, 1.82) is 0 Å². The van der Waals surface area contributed by atoms with Crippen LogP contribution in [0.15, 0.2) is 176 Å². The van der Waals surface area contributed by atoms with Gasteiger partial charge in [0.2, 0.25) is 0 Å². The Morgan fingerprint density at radius 3 is 0.738 bits per heavy atom. The highest BCUT2D eigenvalue weighted by atomic mass is 16.3. The molecule has 12 rings (SSSR count). The van der Waals surface area contributed by atoms with Gasteiger partial charge >= 0.3 is 0 Å². The molecule has 6 heteroatoms. The molecule has 4 bridgehead atoms. The summed E-state index contributed by atoms with van der Waals surface area (Å²) in [4.78, 5) is 0. The Labute approximate surface area is 514 Å². The minimum absolute atomic E-state index is 0.0274. The fraction of sp³-hybridized carbons (Fsp3) is 0.462. The molecule has 84 heavy (non-hydrogen) atoms. The van der Waals surface area contributed by atoms with Crippen molar-refractivity contribution in [2.24, 2.45) is 23.7 Å². The minimum Gasteiger partial charge on any atom is -0.508 e. The molecule has 0 aromatic heterocycles. The lowest BCUT2D eigenvalue weighted by Crippen LogP contribution is -2.38. The van der Waals surface area contributed by atoms with Gasteiger partial charge in [0.05, 0.1) is 0 Å². The molecule has 466 valence electrons. The molecule has 0 atom stereocenters. The van der Waals surface area contributed by atoms with Crippen LogP contribution in [0.3, 0.4) is 0 Å². The molecule has 5 fully saturated rings. The summed E-state index contributed by atoms with van der Waals surface area (Å²) < 4.78 is 0. The first-order valence-corrected chi connectivity index (χ1v) is 32.5. The maximum atomic E-state index is 9.57. The highest BCUT2D eigenvalue weighted by Crippen LogP contribution is 2.53. The molecule has 7 aromatic rings. The van der Waals surface area contributed by atoms with E-state index < -0.39 is 0 Å². The number of aryl methyl sites for hydroxylation is 2. The predicted octanol–water partition coefficient (Wildman–Crippen LogP) is 23.2. The van der Waals surface area contributed by atoms with Gasteiger partial charge in [0, 0.05) is 10.8 Å². The first kappa shape index (κ1) is 79.4. The molecule has 6 N–H and O–H groups in total. The largest absolute Gasteiger partial charge is 0.508 e. The van der Waals surface area contributed by atoms with Crippen molar-refractivity contribution in [2.45, 2.75) is 213 Å². The molecule has 0 aliphatic heterocycles. The van der Waals surface area contributed by atoms with Crippen molar-refractivity contribution in [1.82, 2.24) is 0 Å². The van der Waals surface area contributed by atoms with Crippen molar-refractivity contribution in [2.75, 3.05) is 0 Å². The lowest BCUT2D eigenvalue weighted by molar-refractivity contribution is 0.0198. The van der Waals surface area contributed by atoms with E-state index in [4.69, 9.17) is 10.2 Å². The van der Waals surface area contributed by atoms with Gasteiger partial charge in [-0.05, 0) is 196 Å². The lowest BCUT2D eigenvalue weighted by atomic mass is 9.56.